The normalized spacial score (nSPS) is 20.3. The van der Waals surface area contributed by atoms with E-state index in [1.807, 2.05) is 24.0 Å². The van der Waals surface area contributed by atoms with Crippen LogP contribution in [0.4, 0.5) is 0 Å². The molecule has 0 aromatic carbocycles. The van der Waals surface area contributed by atoms with E-state index in [4.69, 9.17) is 4.74 Å². The van der Waals surface area contributed by atoms with E-state index in [1.54, 1.807) is 12.4 Å². The molecule has 2 saturated heterocycles. The van der Waals surface area contributed by atoms with Crippen LogP contribution >= 0.6 is 0 Å². The summed E-state index contributed by atoms with van der Waals surface area (Å²) in [5, 5.41) is 2.82. The van der Waals surface area contributed by atoms with Crippen LogP contribution in [0.15, 0.2) is 24.5 Å². The number of amides is 2. The van der Waals surface area contributed by atoms with Gasteiger partial charge in [0.1, 0.15) is 6.04 Å². The van der Waals surface area contributed by atoms with Crippen LogP contribution in [-0.4, -0.2) is 97.1 Å². The Morgan fingerprint density at radius 2 is 1.93 bits per heavy atom. The molecule has 148 valence electrons. The molecule has 0 unspecified atom stereocenters. The first kappa shape index (κ1) is 19.7. The van der Waals surface area contributed by atoms with Crippen LogP contribution in [0.25, 0.3) is 0 Å². The van der Waals surface area contributed by atoms with Gasteiger partial charge in [0.15, 0.2) is 0 Å². The SMILES string of the molecule is CCNC(=O)CN1CCN(C(=O)[C@H](c2cccnc2)N2CCOCC2)CC1. The van der Waals surface area contributed by atoms with E-state index in [9.17, 15) is 9.59 Å². The van der Waals surface area contributed by atoms with Crippen LogP contribution in [0, 0.1) is 0 Å². The number of nitrogens with one attached hydrogen (secondary N) is 1. The molecule has 1 N–H and O–H groups in total. The molecule has 1 aromatic heterocycles. The van der Waals surface area contributed by atoms with Gasteiger partial charge in [-0.2, -0.15) is 0 Å². The van der Waals surface area contributed by atoms with Crippen LogP contribution in [0.3, 0.4) is 0 Å². The Labute approximate surface area is 160 Å². The molecule has 2 aliphatic rings. The molecule has 8 heteroatoms. The largest absolute Gasteiger partial charge is 0.379 e. The molecule has 0 spiro atoms. The van der Waals surface area contributed by atoms with Crippen LogP contribution in [0.1, 0.15) is 18.5 Å². The highest BCUT2D eigenvalue weighted by Crippen LogP contribution is 2.24. The van der Waals surface area contributed by atoms with E-state index >= 15 is 0 Å². The van der Waals surface area contributed by atoms with Crippen molar-refractivity contribution in [2.45, 2.75) is 13.0 Å². The van der Waals surface area contributed by atoms with Crippen molar-refractivity contribution in [3.05, 3.63) is 30.1 Å². The van der Waals surface area contributed by atoms with Gasteiger partial charge in [0.05, 0.1) is 19.8 Å². The van der Waals surface area contributed by atoms with Crippen molar-refractivity contribution in [2.75, 3.05) is 65.6 Å². The molecule has 0 saturated carbocycles. The van der Waals surface area contributed by atoms with Gasteiger partial charge in [0.2, 0.25) is 11.8 Å². The summed E-state index contributed by atoms with van der Waals surface area (Å²) >= 11 is 0. The van der Waals surface area contributed by atoms with Gasteiger partial charge in [-0.25, -0.2) is 0 Å². The van der Waals surface area contributed by atoms with Crippen LogP contribution in [0.2, 0.25) is 0 Å². The number of nitrogens with zero attached hydrogens (tertiary/aromatic N) is 4. The number of likely N-dealkylation sites (N-methyl/N-ethyl adjacent to an activating group) is 1. The van der Waals surface area contributed by atoms with Crippen molar-refractivity contribution in [1.82, 2.24) is 25.0 Å². The number of piperazine rings is 1. The zero-order valence-corrected chi connectivity index (χ0v) is 16.0. The fourth-order valence-corrected chi connectivity index (χ4v) is 3.64. The molecule has 2 aliphatic heterocycles. The number of hydrogen-bond acceptors (Lipinski definition) is 6. The lowest BCUT2D eigenvalue weighted by atomic mass is 10.0. The summed E-state index contributed by atoms with van der Waals surface area (Å²) in [6, 6.07) is 3.52. The number of carbonyl (C=O) groups is 2. The molecular formula is C19H29N5O3. The fourth-order valence-electron chi connectivity index (χ4n) is 3.64. The molecule has 0 bridgehead atoms. The Kier molecular flexibility index (Phi) is 7.14. The number of ether oxygens (including phenoxy) is 1. The highest BCUT2D eigenvalue weighted by molar-refractivity contribution is 5.83. The number of carbonyl (C=O) groups excluding carboxylic acids is 2. The van der Waals surface area contributed by atoms with Gasteiger partial charge >= 0.3 is 0 Å². The second-order valence-corrected chi connectivity index (χ2v) is 6.89. The van der Waals surface area contributed by atoms with E-state index in [0.717, 1.165) is 18.7 Å². The summed E-state index contributed by atoms with van der Waals surface area (Å²) < 4.78 is 5.46. The molecule has 27 heavy (non-hydrogen) atoms. The van der Waals surface area contributed by atoms with Crippen molar-refractivity contribution < 1.29 is 14.3 Å². The predicted octanol–water partition coefficient (Wildman–Crippen LogP) is -0.265. The zero-order valence-electron chi connectivity index (χ0n) is 16.0. The smallest absolute Gasteiger partial charge is 0.244 e. The van der Waals surface area contributed by atoms with Crippen molar-refractivity contribution in [3.63, 3.8) is 0 Å². The molecule has 0 radical (unpaired) electrons. The molecule has 1 aromatic rings. The quantitative estimate of drug-likeness (QED) is 0.738. The minimum Gasteiger partial charge on any atom is -0.379 e. The predicted molar refractivity (Wildman–Crippen MR) is 101 cm³/mol. The highest BCUT2D eigenvalue weighted by Gasteiger charge is 2.34. The van der Waals surface area contributed by atoms with Crippen LogP contribution in [0.5, 0.6) is 0 Å². The number of morpholine rings is 1. The standard InChI is InChI=1S/C19H29N5O3/c1-2-21-17(25)15-22-6-8-24(9-7-22)19(26)18(16-4-3-5-20-14-16)23-10-12-27-13-11-23/h3-5,14,18H,2,6-13,15H2,1H3,(H,21,25)/t18-/m0/s1. The Morgan fingerprint density at radius 1 is 1.19 bits per heavy atom. The third-order valence-corrected chi connectivity index (χ3v) is 5.07. The summed E-state index contributed by atoms with van der Waals surface area (Å²) in [5.41, 5.74) is 0.925. The zero-order chi connectivity index (χ0) is 19.1. The number of pyridine rings is 1. The molecule has 2 amide bonds. The van der Waals surface area contributed by atoms with E-state index in [-0.39, 0.29) is 17.9 Å². The lowest BCUT2D eigenvalue weighted by molar-refractivity contribution is -0.141. The van der Waals surface area contributed by atoms with E-state index in [1.165, 1.54) is 0 Å². The Bertz CT molecular complexity index is 613. The van der Waals surface area contributed by atoms with Gasteiger partial charge in [-0.15, -0.1) is 0 Å². The summed E-state index contributed by atoms with van der Waals surface area (Å²) in [6.07, 6.45) is 3.51. The Balaban J connectivity index is 1.64. The minimum atomic E-state index is -0.322. The number of hydrogen-bond donors (Lipinski definition) is 1. The van der Waals surface area contributed by atoms with Crippen LogP contribution in [-0.2, 0) is 14.3 Å². The molecular weight excluding hydrogens is 346 g/mol. The van der Waals surface area contributed by atoms with Gasteiger partial charge in [0, 0.05) is 58.2 Å². The maximum Gasteiger partial charge on any atom is 0.244 e. The van der Waals surface area contributed by atoms with Crippen molar-refractivity contribution in [3.8, 4) is 0 Å². The number of rotatable bonds is 6. The molecule has 3 heterocycles. The van der Waals surface area contributed by atoms with Gasteiger partial charge in [-0.05, 0) is 18.6 Å². The maximum absolute atomic E-state index is 13.3. The third-order valence-electron chi connectivity index (χ3n) is 5.07. The average molecular weight is 375 g/mol. The summed E-state index contributed by atoms with van der Waals surface area (Å²) in [5.74, 6) is 0.154. The van der Waals surface area contributed by atoms with E-state index in [0.29, 0.717) is 52.5 Å². The first-order chi connectivity index (χ1) is 13.2. The Morgan fingerprint density at radius 3 is 2.56 bits per heavy atom. The van der Waals surface area contributed by atoms with E-state index < -0.39 is 0 Å². The van der Waals surface area contributed by atoms with Gasteiger partial charge in [0.25, 0.3) is 0 Å². The van der Waals surface area contributed by atoms with Crippen molar-refractivity contribution >= 4 is 11.8 Å². The first-order valence-electron chi connectivity index (χ1n) is 9.68. The van der Waals surface area contributed by atoms with E-state index in [2.05, 4.69) is 20.1 Å². The summed E-state index contributed by atoms with van der Waals surface area (Å²) in [7, 11) is 0. The minimum absolute atomic E-state index is 0.0406. The molecule has 0 aliphatic carbocycles. The highest BCUT2D eigenvalue weighted by atomic mass is 16.5. The van der Waals surface area contributed by atoms with Gasteiger partial charge in [-0.1, -0.05) is 6.07 Å². The molecule has 8 nitrogen and oxygen atoms in total. The van der Waals surface area contributed by atoms with Crippen molar-refractivity contribution in [1.29, 1.82) is 0 Å². The average Bonchev–Trinajstić information content (AvgIpc) is 2.70. The van der Waals surface area contributed by atoms with Gasteiger partial charge < -0.3 is 15.0 Å². The second kappa shape index (κ2) is 9.77. The number of aromatic nitrogens is 1. The Hall–Kier alpha value is -2.03. The summed E-state index contributed by atoms with van der Waals surface area (Å²) in [6.45, 7) is 8.42. The lowest BCUT2D eigenvalue weighted by Gasteiger charge is -2.40. The molecule has 1 atom stereocenters. The lowest BCUT2D eigenvalue weighted by Crippen LogP contribution is -2.54. The first-order valence-corrected chi connectivity index (χ1v) is 9.68. The second-order valence-electron chi connectivity index (χ2n) is 6.89. The third kappa shape index (κ3) is 5.24. The molecule has 2 fully saturated rings. The summed E-state index contributed by atoms with van der Waals surface area (Å²) in [4.78, 5) is 35.5. The van der Waals surface area contributed by atoms with Gasteiger partial charge in [-0.3, -0.25) is 24.4 Å². The van der Waals surface area contributed by atoms with Crippen LogP contribution < -0.4 is 5.32 Å². The maximum atomic E-state index is 13.3. The fraction of sp³-hybridized carbons (Fsp3) is 0.632. The molecule has 3 rings (SSSR count). The monoisotopic (exact) mass is 375 g/mol. The topological polar surface area (TPSA) is 78.0 Å². The van der Waals surface area contributed by atoms with Crippen molar-refractivity contribution in [2.24, 2.45) is 0 Å².